The van der Waals surface area contributed by atoms with Crippen molar-refractivity contribution in [1.82, 2.24) is 9.97 Å². The van der Waals surface area contributed by atoms with E-state index in [0.717, 1.165) is 17.3 Å². The molecule has 0 unspecified atom stereocenters. The number of nitrogen functional groups attached to an aromatic ring is 1. The first-order chi connectivity index (χ1) is 8.70. The number of aromatic nitrogens is 2. The maximum atomic E-state index is 5.51. The number of hydrogen-bond donors (Lipinski definition) is 2. The molecule has 0 aliphatic heterocycles. The summed E-state index contributed by atoms with van der Waals surface area (Å²) in [7, 11) is 0. The van der Waals surface area contributed by atoms with Crippen LogP contribution in [-0.2, 0) is 0 Å². The standard InChI is InChI=1S/C14H24N4/c1-10(2)12-9-13(18-15)17-14(16-12)11-7-5-3-4-6-8-11/h9-11H,3-8,15H2,1-2H3,(H,16,17,18). The lowest BCUT2D eigenvalue weighted by Crippen LogP contribution is -2.14. The highest BCUT2D eigenvalue weighted by Gasteiger charge is 2.19. The van der Waals surface area contributed by atoms with Crippen molar-refractivity contribution < 1.29 is 0 Å². The first kappa shape index (κ1) is 13.3. The van der Waals surface area contributed by atoms with Crippen LogP contribution >= 0.6 is 0 Å². The maximum absolute atomic E-state index is 5.51. The van der Waals surface area contributed by atoms with Gasteiger partial charge in [0.2, 0.25) is 0 Å². The van der Waals surface area contributed by atoms with Gasteiger partial charge in [0.05, 0.1) is 0 Å². The Labute approximate surface area is 109 Å². The van der Waals surface area contributed by atoms with Gasteiger partial charge in [-0.15, -0.1) is 0 Å². The number of rotatable bonds is 3. The van der Waals surface area contributed by atoms with Crippen molar-refractivity contribution in [3.05, 3.63) is 17.6 Å². The van der Waals surface area contributed by atoms with Crippen LogP contribution in [0.2, 0.25) is 0 Å². The van der Waals surface area contributed by atoms with E-state index in [1.165, 1.54) is 38.5 Å². The molecule has 0 amide bonds. The van der Waals surface area contributed by atoms with Gasteiger partial charge in [-0.05, 0) is 18.8 Å². The van der Waals surface area contributed by atoms with Crippen molar-refractivity contribution >= 4 is 5.82 Å². The number of anilines is 1. The summed E-state index contributed by atoms with van der Waals surface area (Å²) < 4.78 is 0. The zero-order valence-corrected chi connectivity index (χ0v) is 11.4. The number of hydrogen-bond acceptors (Lipinski definition) is 4. The van der Waals surface area contributed by atoms with Gasteiger partial charge in [0.1, 0.15) is 11.6 Å². The molecule has 100 valence electrons. The predicted molar refractivity (Wildman–Crippen MR) is 74.4 cm³/mol. The molecule has 1 saturated carbocycles. The average molecular weight is 248 g/mol. The molecule has 1 fully saturated rings. The van der Waals surface area contributed by atoms with Gasteiger partial charge in [0.25, 0.3) is 0 Å². The highest BCUT2D eigenvalue weighted by atomic mass is 15.3. The van der Waals surface area contributed by atoms with Gasteiger partial charge in [-0.25, -0.2) is 15.8 Å². The molecular formula is C14H24N4. The Kier molecular flexibility index (Phi) is 4.53. The van der Waals surface area contributed by atoms with Gasteiger partial charge in [-0.2, -0.15) is 0 Å². The Balaban J connectivity index is 2.27. The second kappa shape index (κ2) is 6.14. The van der Waals surface area contributed by atoms with E-state index in [9.17, 15) is 0 Å². The fraction of sp³-hybridized carbons (Fsp3) is 0.714. The second-order valence-corrected chi connectivity index (χ2v) is 5.52. The van der Waals surface area contributed by atoms with Crippen LogP contribution in [0.1, 0.15) is 75.7 Å². The van der Waals surface area contributed by atoms with E-state index in [1.807, 2.05) is 6.07 Å². The molecule has 0 bridgehead atoms. The molecule has 4 nitrogen and oxygen atoms in total. The topological polar surface area (TPSA) is 63.8 Å². The van der Waals surface area contributed by atoms with E-state index in [-0.39, 0.29) is 0 Å². The minimum absolute atomic E-state index is 0.407. The average Bonchev–Trinajstić information content (AvgIpc) is 2.67. The van der Waals surface area contributed by atoms with Gasteiger partial charge < -0.3 is 5.43 Å². The third-order valence-electron chi connectivity index (χ3n) is 3.72. The Bertz CT molecular complexity index is 381. The largest absolute Gasteiger partial charge is 0.308 e. The monoisotopic (exact) mass is 248 g/mol. The molecule has 3 N–H and O–H groups in total. The van der Waals surface area contributed by atoms with Crippen molar-refractivity contribution in [2.45, 2.75) is 64.2 Å². The summed E-state index contributed by atoms with van der Waals surface area (Å²) in [4.78, 5) is 9.29. The normalized spacial score (nSPS) is 17.8. The Morgan fingerprint density at radius 2 is 1.83 bits per heavy atom. The van der Waals surface area contributed by atoms with E-state index < -0.39 is 0 Å². The van der Waals surface area contributed by atoms with Gasteiger partial charge in [0.15, 0.2) is 0 Å². The molecule has 18 heavy (non-hydrogen) atoms. The molecule has 0 atom stereocenters. The lowest BCUT2D eigenvalue weighted by Gasteiger charge is -2.16. The Morgan fingerprint density at radius 1 is 1.17 bits per heavy atom. The zero-order chi connectivity index (χ0) is 13.0. The highest BCUT2D eigenvalue weighted by Crippen LogP contribution is 2.30. The summed E-state index contributed by atoms with van der Waals surface area (Å²) >= 11 is 0. The first-order valence-electron chi connectivity index (χ1n) is 7.06. The number of nitrogens with one attached hydrogen (secondary N) is 1. The zero-order valence-electron chi connectivity index (χ0n) is 11.4. The van der Waals surface area contributed by atoms with E-state index in [2.05, 4.69) is 24.3 Å². The molecule has 1 aliphatic carbocycles. The van der Waals surface area contributed by atoms with E-state index in [0.29, 0.717) is 11.8 Å². The second-order valence-electron chi connectivity index (χ2n) is 5.52. The van der Waals surface area contributed by atoms with Crippen molar-refractivity contribution in [2.24, 2.45) is 5.84 Å². The van der Waals surface area contributed by atoms with Gasteiger partial charge >= 0.3 is 0 Å². The molecule has 1 aliphatic rings. The molecule has 1 heterocycles. The highest BCUT2D eigenvalue weighted by molar-refractivity contribution is 5.36. The molecule has 0 saturated heterocycles. The van der Waals surface area contributed by atoms with Crippen LogP contribution in [-0.4, -0.2) is 9.97 Å². The minimum Gasteiger partial charge on any atom is -0.308 e. The number of nitrogens with zero attached hydrogens (tertiary/aromatic N) is 2. The van der Waals surface area contributed by atoms with Crippen molar-refractivity contribution in [3.8, 4) is 0 Å². The lowest BCUT2D eigenvalue weighted by molar-refractivity contribution is 0.556. The maximum Gasteiger partial charge on any atom is 0.143 e. The van der Waals surface area contributed by atoms with Crippen LogP contribution in [0.25, 0.3) is 0 Å². The molecule has 1 aromatic rings. The van der Waals surface area contributed by atoms with E-state index in [4.69, 9.17) is 10.8 Å². The van der Waals surface area contributed by atoms with Crippen LogP contribution in [0.3, 0.4) is 0 Å². The van der Waals surface area contributed by atoms with Crippen LogP contribution in [0.5, 0.6) is 0 Å². The van der Waals surface area contributed by atoms with Crippen molar-refractivity contribution in [1.29, 1.82) is 0 Å². The molecule has 0 radical (unpaired) electrons. The fourth-order valence-corrected chi connectivity index (χ4v) is 2.58. The Morgan fingerprint density at radius 3 is 2.39 bits per heavy atom. The summed E-state index contributed by atoms with van der Waals surface area (Å²) in [6.07, 6.45) is 7.72. The summed E-state index contributed by atoms with van der Waals surface area (Å²) in [6.45, 7) is 4.30. The minimum atomic E-state index is 0.407. The predicted octanol–water partition coefficient (Wildman–Crippen LogP) is 3.32. The van der Waals surface area contributed by atoms with Crippen LogP contribution in [0.4, 0.5) is 5.82 Å². The third kappa shape index (κ3) is 3.19. The van der Waals surface area contributed by atoms with Gasteiger partial charge in [0, 0.05) is 17.7 Å². The van der Waals surface area contributed by atoms with Crippen molar-refractivity contribution in [2.75, 3.05) is 5.43 Å². The van der Waals surface area contributed by atoms with Crippen LogP contribution in [0, 0.1) is 0 Å². The first-order valence-corrected chi connectivity index (χ1v) is 7.06. The number of hydrazine groups is 1. The van der Waals surface area contributed by atoms with Gasteiger partial charge in [-0.1, -0.05) is 39.5 Å². The fourth-order valence-electron chi connectivity index (χ4n) is 2.58. The van der Waals surface area contributed by atoms with E-state index in [1.54, 1.807) is 0 Å². The third-order valence-corrected chi connectivity index (χ3v) is 3.72. The summed E-state index contributed by atoms with van der Waals surface area (Å²) in [6, 6.07) is 1.95. The van der Waals surface area contributed by atoms with Crippen LogP contribution < -0.4 is 11.3 Å². The summed E-state index contributed by atoms with van der Waals surface area (Å²) in [5.74, 6) is 8.15. The smallest absolute Gasteiger partial charge is 0.143 e. The molecule has 0 spiro atoms. The number of nitrogens with two attached hydrogens (primary N) is 1. The molecular weight excluding hydrogens is 224 g/mol. The summed E-state index contributed by atoms with van der Waals surface area (Å²) in [5.41, 5.74) is 3.75. The van der Waals surface area contributed by atoms with Gasteiger partial charge in [-0.3, -0.25) is 0 Å². The lowest BCUT2D eigenvalue weighted by atomic mass is 9.99. The van der Waals surface area contributed by atoms with E-state index >= 15 is 0 Å². The quantitative estimate of drug-likeness (QED) is 0.489. The molecule has 0 aromatic carbocycles. The van der Waals surface area contributed by atoms with Crippen LogP contribution in [0.15, 0.2) is 6.07 Å². The summed E-state index contributed by atoms with van der Waals surface area (Å²) in [5, 5.41) is 0. The molecule has 1 aromatic heterocycles. The molecule has 4 heteroatoms. The van der Waals surface area contributed by atoms with Crippen molar-refractivity contribution in [3.63, 3.8) is 0 Å². The molecule has 2 rings (SSSR count). The SMILES string of the molecule is CC(C)c1cc(NN)nc(C2CCCCCC2)n1. The Hall–Kier alpha value is -1.16.